The van der Waals surface area contributed by atoms with Crippen LogP contribution in [0.5, 0.6) is 0 Å². The first-order valence-corrected chi connectivity index (χ1v) is 4.75. The van der Waals surface area contributed by atoms with E-state index in [0.29, 0.717) is 6.42 Å². The Morgan fingerprint density at radius 2 is 2.13 bits per heavy atom. The predicted molar refractivity (Wildman–Crippen MR) is 49.3 cm³/mol. The SMILES string of the molecule is O=C1CCOC(c2cccc(F)c2F)C1. The van der Waals surface area contributed by atoms with Crippen LogP contribution in [0.4, 0.5) is 8.78 Å². The van der Waals surface area contributed by atoms with Crippen LogP contribution in [-0.4, -0.2) is 12.4 Å². The Morgan fingerprint density at radius 3 is 2.87 bits per heavy atom. The van der Waals surface area contributed by atoms with E-state index in [4.69, 9.17) is 4.74 Å². The third-order valence-electron chi connectivity index (χ3n) is 2.44. The molecule has 1 atom stereocenters. The Kier molecular flexibility index (Phi) is 2.77. The van der Waals surface area contributed by atoms with Crippen LogP contribution in [0.15, 0.2) is 18.2 Å². The summed E-state index contributed by atoms with van der Waals surface area (Å²) >= 11 is 0. The standard InChI is InChI=1S/C11H10F2O2/c12-9-3-1-2-8(11(9)13)10-6-7(14)4-5-15-10/h1-3,10H,4-6H2. The van der Waals surface area contributed by atoms with Gasteiger partial charge < -0.3 is 4.74 Å². The summed E-state index contributed by atoms with van der Waals surface area (Å²) in [6, 6.07) is 3.90. The molecule has 1 aromatic rings. The highest BCUT2D eigenvalue weighted by Crippen LogP contribution is 2.28. The second-order valence-corrected chi connectivity index (χ2v) is 3.50. The van der Waals surface area contributed by atoms with E-state index in [1.165, 1.54) is 12.1 Å². The Balaban J connectivity index is 2.28. The molecule has 1 aromatic carbocycles. The van der Waals surface area contributed by atoms with E-state index in [1.807, 2.05) is 0 Å². The van der Waals surface area contributed by atoms with Gasteiger partial charge >= 0.3 is 0 Å². The van der Waals surface area contributed by atoms with Gasteiger partial charge in [-0.2, -0.15) is 0 Å². The number of hydrogen-bond acceptors (Lipinski definition) is 2. The average molecular weight is 212 g/mol. The molecule has 1 heterocycles. The molecule has 1 aliphatic heterocycles. The lowest BCUT2D eigenvalue weighted by atomic mass is 10.00. The number of benzene rings is 1. The monoisotopic (exact) mass is 212 g/mol. The fourth-order valence-electron chi connectivity index (χ4n) is 1.65. The molecule has 0 aromatic heterocycles. The molecule has 0 saturated carbocycles. The fourth-order valence-corrected chi connectivity index (χ4v) is 1.65. The molecule has 4 heteroatoms. The van der Waals surface area contributed by atoms with Crippen LogP contribution in [0, 0.1) is 11.6 Å². The Bertz CT molecular complexity index is 390. The van der Waals surface area contributed by atoms with Gasteiger partial charge in [0.2, 0.25) is 0 Å². The first-order valence-electron chi connectivity index (χ1n) is 4.75. The molecule has 1 unspecified atom stereocenters. The van der Waals surface area contributed by atoms with E-state index in [0.717, 1.165) is 6.07 Å². The predicted octanol–water partition coefficient (Wildman–Crippen LogP) is 2.39. The number of carbonyl (C=O) groups is 1. The van der Waals surface area contributed by atoms with Gasteiger partial charge in [0.25, 0.3) is 0 Å². The Morgan fingerprint density at radius 1 is 1.33 bits per heavy atom. The summed E-state index contributed by atoms with van der Waals surface area (Å²) in [6.45, 7) is 0.277. The first kappa shape index (κ1) is 10.2. The van der Waals surface area contributed by atoms with Crippen molar-refractivity contribution in [2.75, 3.05) is 6.61 Å². The molecule has 15 heavy (non-hydrogen) atoms. The van der Waals surface area contributed by atoms with Gasteiger partial charge in [-0.1, -0.05) is 12.1 Å². The van der Waals surface area contributed by atoms with Crippen LogP contribution < -0.4 is 0 Å². The zero-order valence-electron chi connectivity index (χ0n) is 8.00. The van der Waals surface area contributed by atoms with Crippen LogP contribution in [0.1, 0.15) is 24.5 Å². The molecule has 0 bridgehead atoms. The molecule has 1 fully saturated rings. The van der Waals surface area contributed by atoms with Gasteiger partial charge in [-0.05, 0) is 6.07 Å². The molecule has 0 spiro atoms. The lowest BCUT2D eigenvalue weighted by molar-refractivity contribution is -0.128. The van der Waals surface area contributed by atoms with Crippen molar-refractivity contribution >= 4 is 5.78 Å². The minimum Gasteiger partial charge on any atom is -0.372 e. The molecule has 1 aliphatic rings. The van der Waals surface area contributed by atoms with Gasteiger partial charge in [0.05, 0.1) is 12.7 Å². The highest BCUT2D eigenvalue weighted by Gasteiger charge is 2.25. The van der Waals surface area contributed by atoms with Crippen LogP contribution in [-0.2, 0) is 9.53 Å². The lowest BCUT2D eigenvalue weighted by Gasteiger charge is -2.22. The van der Waals surface area contributed by atoms with Gasteiger partial charge in [0, 0.05) is 18.4 Å². The molecular weight excluding hydrogens is 202 g/mol. The number of ether oxygens (including phenoxy) is 1. The Hall–Kier alpha value is -1.29. The van der Waals surface area contributed by atoms with E-state index in [2.05, 4.69) is 0 Å². The second-order valence-electron chi connectivity index (χ2n) is 3.50. The van der Waals surface area contributed by atoms with E-state index in [1.54, 1.807) is 0 Å². The van der Waals surface area contributed by atoms with Crippen LogP contribution in [0.2, 0.25) is 0 Å². The third kappa shape index (κ3) is 2.04. The maximum atomic E-state index is 13.3. The van der Waals surface area contributed by atoms with Crippen molar-refractivity contribution in [3.8, 4) is 0 Å². The highest BCUT2D eigenvalue weighted by atomic mass is 19.2. The molecule has 0 amide bonds. The lowest BCUT2D eigenvalue weighted by Crippen LogP contribution is -2.20. The number of ketones is 1. The van der Waals surface area contributed by atoms with Crippen molar-refractivity contribution in [2.45, 2.75) is 18.9 Å². The summed E-state index contributed by atoms with van der Waals surface area (Å²) in [4.78, 5) is 11.1. The van der Waals surface area contributed by atoms with Crippen molar-refractivity contribution in [2.24, 2.45) is 0 Å². The van der Waals surface area contributed by atoms with Gasteiger partial charge in [-0.25, -0.2) is 8.78 Å². The molecule has 0 N–H and O–H groups in total. The van der Waals surface area contributed by atoms with Gasteiger partial charge in [-0.3, -0.25) is 4.79 Å². The van der Waals surface area contributed by atoms with E-state index >= 15 is 0 Å². The average Bonchev–Trinajstić information content (AvgIpc) is 2.22. The maximum Gasteiger partial charge on any atom is 0.164 e. The summed E-state index contributed by atoms with van der Waals surface area (Å²) < 4.78 is 31.5. The maximum absolute atomic E-state index is 13.3. The summed E-state index contributed by atoms with van der Waals surface area (Å²) in [6.07, 6.45) is -0.157. The fraction of sp³-hybridized carbons (Fsp3) is 0.364. The molecular formula is C11H10F2O2. The minimum absolute atomic E-state index is 0.0231. The topological polar surface area (TPSA) is 26.3 Å². The van der Waals surface area contributed by atoms with E-state index in [-0.39, 0.29) is 24.4 Å². The number of hydrogen-bond donors (Lipinski definition) is 0. The third-order valence-corrected chi connectivity index (χ3v) is 2.44. The summed E-state index contributed by atoms with van der Waals surface area (Å²) in [7, 11) is 0. The molecule has 80 valence electrons. The first-order chi connectivity index (χ1) is 7.18. The zero-order chi connectivity index (χ0) is 10.8. The number of Topliss-reactive ketones (excluding diaryl/α,β-unsaturated/α-hetero) is 1. The molecule has 1 saturated heterocycles. The normalized spacial score (nSPS) is 21.7. The largest absolute Gasteiger partial charge is 0.372 e. The summed E-state index contributed by atoms with van der Waals surface area (Å²) in [5, 5.41) is 0. The highest BCUT2D eigenvalue weighted by molar-refractivity contribution is 5.79. The smallest absolute Gasteiger partial charge is 0.164 e. The quantitative estimate of drug-likeness (QED) is 0.714. The van der Waals surface area contributed by atoms with Crippen molar-refractivity contribution < 1.29 is 18.3 Å². The zero-order valence-corrected chi connectivity index (χ0v) is 8.00. The second kappa shape index (κ2) is 4.06. The van der Waals surface area contributed by atoms with Gasteiger partial charge in [0.15, 0.2) is 11.6 Å². The van der Waals surface area contributed by atoms with E-state index in [9.17, 15) is 13.6 Å². The van der Waals surface area contributed by atoms with Crippen molar-refractivity contribution in [1.82, 2.24) is 0 Å². The van der Waals surface area contributed by atoms with Gasteiger partial charge in [0.1, 0.15) is 5.78 Å². The van der Waals surface area contributed by atoms with Crippen LogP contribution >= 0.6 is 0 Å². The molecule has 0 aliphatic carbocycles. The number of halogens is 2. The summed E-state index contributed by atoms with van der Waals surface area (Å²) in [5.74, 6) is -1.80. The van der Waals surface area contributed by atoms with Crippen molar-refractivity contribution in [3.63, 3.8) is 0 Å². The number of rotatable bonds is 1. The van der Waals surface area contributed by atoms with Crippen molar-refractivity contribution in [3.05, 3.63) is 35.4 Å². The number of carbonyl (C=O) groups excluding carboxylic acids is 1. The van der Waals surface area contributed by atoms with Crippen LogP contribution in [0.3, 0.4) is 0 Å². The van der Waals surface area contributed by atoms with E-state index < -0.39 is 17.7 Å². The van der Waals surface area contributed by atoms with Crippen LogP contribution in [0.25, 0.3) is 0 Å². The van der Waals surface area contributed by atoms with Crippen molar-refractivity contribution in [1.29, 1.82) is 0 Å². The molecule has 0 radical (unpaired) electrons. The molecule has 2 rings (SSSR count). The summed E-state index contributed by atoms with van der Waals surface area (Å²) in [5.41, 5.74) is 0.128. The molecule has 2 nitrogen and oxygen atoms in total. The van der Waals surface area contributed by atoms with Gasteiger partial charge in [-0.15, -0.1) is 0 Å². The minimum atomic E-state index is -0.919. The Labute approximate surface area is 85.9 Å².